The number of carboxylic acids is 1. The smallest absolute Gasteiger partial charge is 0.305 e. The van der Waals surface area contributed by atoms with E-state index in [1.165, 1.54) is 5.56 Å². The molecule has 2 heterocycles. The molecule has 1 saturated heterocycles. The van der Waals surface area contributed by atoms with Gasteiger partial charge >= 0.3 is 5.97 Å². The van der Waals surface area contributed by atoms with Gasteiger partial charge in [-0.2, -0.15) is 0 Å². The Bertz CT molecular complexity index is 1060. The van der Waals surface area contributed by atoms with Crippen LogP contribution in [0.1, 0.15) is 54.8 Å². The summed E-state index contributed by atoms with van der Waals surface area (Å²) in [6.07, 6.45) is 4.54. The molecule has 1 unspecified atom stereocenters. The zero-order chi connectivity index (χ0) is 26.2. The van der Waals surface area contributed by atoms with Gasteiger partial charge in [0.05, 0.1) is 18.9 Å². The van der Waals surface area contributed by atoms with Crippen LogP contribution in [0.5, 0.6) is 0 Å². The summed E-state index contributed by atoms with van der Waals surface area (Å²) in [5.41, 5.74) is 3.37. The standard InChI is InChI=1S/C27H36ClN5O4/c1-19-3-8-23-25(19)26(31-18-30-23)32-11-13-33(14-12-32)27(36)22(20-4-6-21(28)7-5-20)17-29-10-2-15-37-16-9-24(34)35/h4-7,18-19,22,29H,2-3,8-17H2,1H3,(H,34,35)/t19-,22?/m1/s1. The quantitative estimate of drug-likeness (QED) is 0.404. The van der Waals surface area contributed by atoms with E-state index in [0.29, 0.717) is 43.7 Å². The van der Waals surface area contributed by atoms with Crippen LogP contribution >= 0.6 is 11.6 Å². The van der Waals surface area contributed by atoms with Crippen molar-refractivity contribution in [2.45, 2.75) is 44.4 Å². The van der Waals surface area contributed by atoms with Crippen LogP contribution in [0.15, 0.2) is 30.6 Å². The second-order valence-corrected chi connectivity index (χ2v) is 10.2. The number of aromatic nitrogens is 2. The Balaban J connectivity index is 1.33. The average molecular weight is 530 g/mol. The summed E-state index contributed by atoms with van der Waals surface area (Å²) in [4.78, 5) is 37.6. The van der Waals surface area contributed by atoms with Crippen LogP contribution in [0.3, 0.4) is 0 Å². The molecule has 1 aliphatic carbocycles. The number of benzene rings is 1. The molecule has 2 N–H and O–H groups in total. The Morgan fingerprint density at radius 3 is 2.65 bits per heavy atom. The van der Waals surface area contributed by atoms with Crippen molar-refractivity contribution in [3.8, 4) is 0 Å². The van der Waals surface area contributed by atoms with Crippen molar-refractivity contribution in [1.82, 2.24) is 20.2 Å². The lowest BCUT2D eigenvalue weighted by Crippen LogP contribution is -2.51. The van der Waals surface area contributed by atoms with Crippen LogP contribution < -0.4 is 10.2 Å². The van der Waals surface area contributed by atoms with Crippen molar-refractivity contribution in [2.75, 3.05) is 57.4 Å². The highest BCUT2D eigenvalue weighted by atomic mass is 35.5. The molecule has 2 aliphatic rings. The van der Waals surface area contributed by atoms with E-state index in [-0.39, 0.29) is 24.9 Å². The van der Waals surface area contributed by atoms with Gasteiger partial charge in [0, 0.05) is 55.6 Å². The molecule has 2 atom stereocenters. The van der Waals surface area contributed by atoms with Gasteiger partial charge in [-0.15, -0.1) is 0 Å². The van der Waals surface area contributed by atoms with Crippen LogP contribution in [0.2, 0.25) is 5.02 Å². The largest absolute Gasteiger partial charge is 0.481 e. The Kier molecular flexibility index (Phi) is 9.71. The van der Waals surface area contributed by atoms with Crippen molar-refractivity contribution >= 4 is 29.3 Å². The number of ether oxygens (including phenoxy) is 1. The molecule has 0 bridgehead atoms. The number of rotatable bonds is 12. The van der Waals surface area contributed by atoms with E-state index < -0.39 is 5.97 Å². The Morgan fingerprint density at radius 2 is 1.92 bits per heavy atom. The molecule has 0 saturated carbocycles. The number of carbonyl (C=O) groups excluding carboxylic acids is 1. The topological polar surface area (TPSA) is 108 Å². The third-order valence-corrected chi connectivity index (χ3v) is 7.42. The Morgan fingerprint density at radius 1 is 1.16 bits per heavy atom. The van der Waals surface area contributed by atoms with Crippen molar-refractivity contribution in [1.29, 1.82) is 0 Å². The van der Waals surface area contributed by atoms with Crippen molar-refractivity contribution < 1.29 is 19.4 Å². The van der Waals surface area contributed by atoms with Crippen LogP contribution in [-0.4, -0.2) is 84.3 Å². The van der Waals surface area contributed by atoms with Gasteiger partial charge in [-0.25, -0.2) is 9.97 Å². The molecule has 1 aromatic heterocycles. The van der Waals surface area contributed by atoms with Gasteiger partial charge in [-0.1, -0.05) is 30.7 Å². The predicted octanol–water partition coefficient (Wildman–Crippen LogP) is 3.08. The van der Waals surface area contributed by atoms with Crippen LogP contribution in [0, 0.1) is 0 Å². The highest BCUT2D eigenvalue weighted by molar-refractivity contribution is 6.30. The minimum atomic E-state index is -0.862. The molecule has 0 spiro atoms. The molecule has 0 radical (unpaired) electrons. The normalized spacial score (nSPS) is 18.1. The first kappa shape index (κ1) is 27.3. The molecule has 1 aliphatic heterocycles. The van der Waals surface area contributed by atoms with Crippen molar-refractivity contribution in [2.24, 2.45) is 0 Å². The summed E-state index contributed by atoms with van der Waals surface area (Å²) in [5.74, 6) is 0.421. The summed E-state index contributed by atoms with van der Waals surface area (Å²) >= 11 is 6.10. The molecule has 1 fully saturated rings. The first-order chi connectivity index (χ1) is 17.9. The maximum atomic E-state index is 13.7. The fourth-order valence-corrected chi connectivity index (χ4v) is 5.21. The number of carbonyl (C=O) groups is 2. The van der Waals surface area contributed by atoms with E-state index in [1.54, 1.807) is 6.33 Å². The molecule has 1 aromatic carbocycles. The van der Waals surface area contributed by atoms with Gasteiger partial charge in [-0.3, -0.25) is 9.59 Å². The predicted molar refractivity (Wildman–Crippen MR) is 142 cm³/mol. The first-order valence-electron chi connectivity index (χ1n) is 13.1. The molecular formula is C27H36ClN5O4. The summed E-state index contributed by atoms with van der Waals surface area (Å²) in [7, 11) is 0. The minimum absolute atomic E-state index is 0.00651. The summed E-state index contributed by atoms with van der Waals surface area (Å²) < 4.78 is 5.35. The van der Waals surface area contributed by atoms with E-state index in [4.69, 9.17) is 21.4 Å². The number of nitrogens with zero attached hydrogens (tertiary/aromatic N) is 4. The number of carboxylic acid groups (broad SMARTS) is 1. The number of halogens is 1. The van der Waals surface area contributed by atoms with Gasteiger partial charge < -0.3 is 25.0 Å². The first-order valence-corrected chi connectivity index (χ1v) is 13.4. The summed E-state index contributed by atoms with van der Waals surface area (Å²) in [6, 6.07) is 7.48. The zero-order valence-electron chi connectivity index (χ0n) is 21.4. The van der Waals surface area contributed by atoms with E-state index in [1.807, 2.05) is 29.2 Å². The molecule has 37 heavy (non-hydrogen) atoms. The molecular weight excluding hydrogens is 494 g/mol. The third kappa shape index (κ3) is 7.18. The maximum Gasteiger partial charge on any atom is 0.305 e. The van der Waals surface area contributed by atoms with Gasteiger partial charge in [0.1, 0.15) is 12.1 Å². The number of aryl methyl sites for hydroxylation is 1. The third-order valence-electron chi connectivity index (χ3n) is 7.16. The summed E-state index contributed by atoms with van der Waals surface area (Å²) in [5, 5.41) is 12.7. The fraction of sp³-hybridized carbons (Fsp3) is 0.556. The van der Waals surface area contributed by atoms with E-state index >= 15 is 0 Å². The minimum Gasteiger partial charge on any atom is -0.481 e. The Hall–Kier alpha value is -2.75. The van der Waals surface area contributed by atoms with Gasteiger partial charge in [0.15, 0.2) is 0 Å². The number of nitrogens with one attached hydrogen (secondary N) is 1. The van der Waals surface area contributed by atoms with Crippen molar-refractivity contribution in [3.63, 3.8) is 0 Å². The number of aliphatic carboxylic acids is 1. The molecule has 9 nitrogen and oxygen atoms in total. The SMILES string of the molecule is C[C@@H]1CCc2ncnc(N3CCN(C(=O)C(CNCCCOCCC(=O)O)c4ccc(Cl)cc4)CC3)c21. The fourth-order valence-electron chi connectivity index (χ4n) is 5.08. The van der Waals surface area contributed by atoms with E-state index in [9.17, 15) is 9.59 Å². The van der Waals surface area contributed by atoms with E-state index in [2.05, 4.69) is 27.1 Å². The second kappa shape index (κ2) is 13.2. The zero-order valence-corrected chi connectivity index (χ0v) is 22.1. The average Bonchev–Trinajstić information content (AvgIpc) is 3.29. The van der Waals surface area contributed by atoms with E-state index in [0.717, 1.165) is 49.4 Å². The van der Waals surface area contributed by atoms with Gasteiger partial charge in [-0.05, 0) is 49.4 Å². The summed E-state index contributed by atoms with van der Waals surface area (Å²) in [6.45, 7) is 6.90. The number of fused-ring (bicyclic) bond motifs is 1. The number of hydrogen-bond donors (Lipinski definition) is 2. The number of anilines is 1. The van der Waals surface area contributed by atoms with Gasteiger partial charge in [0.25, 0.3) is 0 Å². The van der Waals surface area contributed by atoms with Crippen LogP contribution in [0.25, 0.3) is 0 Å². The molecule has 4 rings (SSSR count). The number of amides is 1. The van der Waals surface area contributed by atoms with Crippen LogP contribution in [0.4, 0.5) is 5.82 Å². The Labute approximate surface area is 223 Å². The lowest BCUT2D eigenvalue weighted by Gasteiger charge is -2.38. The molecule has 10 heteroatoms. The second-order valence-electron chi connectivity index (χ2n) is 9.73. The van der Waals surface area contributed by atoms with Gasteiger partial charge in [0.2, 0.25) is 5.91 Å². The number of piperazine rings is 1. The van der Waals surface area contributed by atoms with Crippen LogP contribution in [-0.2, 0) is 20.7 Å². The lowest BCUT2D eigenvalue weighted by molar-refractivity contribution is -0.138. The lowest BCUT2D eigenvalue weighted by atomic mass is 9.97. The highest BCUT2D eigenvalue weighted by Crippen LogP contribution is 2.37. The maximum absolute atomic E-state index is 13.7. The monoisotopic (exact) mass is 529 g/mol. The molecule has 200 valence electrons. The molecule has 2 aromatic rings. The highest BCUT2D eigenvalue weighted by Gasteiger charge is 2.31. The number of hydrogen-bond acceptors (Lipinski definition) is 7. The van der Waals surface area contributed by atoms with Crippen molar-refractivity contribution in [3.05, 3.63) is 52.4 Å². The molecule has 1 amide bonds.